The number of benzene rings is 1. The monoisotopic (exact) mass is 405 g/mol. The topological polar surface area (TPSA) is 60.9 Å². The highest BCUT2D eigenvalue weighted by molar-refractivity contribution is 7.89. The molecule has 0 aromatic heterocycles. The summed E-state index contributed by atoms with van der Waals surface area (Å²) in [5, 5.41) is 0. The van der Waals surface area contributed by atoms with Crippen LogP contribution in [-0.2, 0) is 14.8 Å². The summed E-state index contributed by atoms with van der Waals surface area (Å²) in [6, 6.07) is 1.33. The van der Waals surface area contributed by atoms with Gasteiger partial charge < -0.3 is 4.90 Å². The summed E-state index contributed by atoms with van der Waals surface area (Å²) in [6.07, 6.45) is 3.12. The molecule has 0 spiro atoms. The molecule has 2 aliphatic rings. The fourth-order valence-corrected chi connectivity index (χ4v) is 4.89. The van der Waals surface area contributed by atoms with E-state index in [1.807, 2.05) is 9.80 Å². The van der Waals surface area contributed by atoms with Gasteiger partial charge in [0.05, 0.1) is 6.54 Å². The van der Waals surface area contributed by atoms with Gasteiger partial charge in [0.1, 0.15) is 4.90 Å². The third-order valence-electron chi connectivity index (χ3n) is 5.02. The smallest absolute Gasteiger partial charge is 0.246 e. The van der Waals surface area contributed by atoms with Crippen LogP contribution in [0.4, 0.5) is 13.2 Å². The average molecular weight is 405 g/mol. The first-order valence-electron chi connectivity index (χ1n) is 8.94. The predicted octanol–water partition coefficient (Wildman–Crippen LogP) is 1.42. The number of rotatable bonds is 4. The van der Waals surface area contributed by atoms with Gasteiger partial charge in [0.2, 0.25) is 15.9 Å². The van der Waals surface area contributed by atoms with Crippen molar-refractivity contribution in [3.63, 3.8) is 0 Å². The van der Waals surface area contributed by atoms with Crippen molar-refractivity contribution in [1.29, 1.82) is 0 Å². The minimum Gasteiger partial charge on any atom is -0.342 e. The molecule has 0 unspecified atom stereocenters. The van der Waals surface area contributed by atoms with E-state index in [-0.39, 0.29) is 25.5 Å². The Balaban J connectivity index is 1.61. The Kier molecular flexibility index (Phi) is 6.07. The van der Waals surface area contributed by atoms with E-state index in [2.05, 4.69) is 0 Å². The van der Waals surface area contributed by atoms with Crippen molar-refractivity contribution in [3.8, 4) is 0 Å². The number of hydrogen-bond acceptors (Lipinski definition) is 4. The lowest BCUT2D eigenvalue weighted by molar-refractivity contribution is -0.133. The first-order chi connectivity index (χ1) is 12.8. The quantitative estimate of drug-likeness (QED) is 0.711. The number of sulfonamides is 1. The third kappa shape index (κ3) is 4.27. The Bertz CT molecular complexity index is 805. The van der Waals surface area contributed by atoms with Gasteiger partial charge in [-0.05, 0) is 31.4 Å². The largest absolute Gasteiger partial charge is 0.342 e. The second-order valence-electron chi connectivity index (χ2n) is 6.80. The van der Waals surface area contributed by atoms with Crippen molar-refractivity contribution < 1.29 is 26.4 Å². The second kappa shape index (κ2) is 8.15. The van der Waals surface area contributed by atoms with Crippen LogP contribution >= 0.6 is 0 Å². The zero-order chi connectivity index (χ0) is 19.6. The van der Waals surface area contributed by atoms with Crippen molar-refractivity contribution in [2.75, 3.05) is 45.8 Å². The first kappa shape index (κ1) is 20.1. The molecule has 2 heterocycles. The number of amides is 1. The Morgan fingerprint density at radius 3 is 2.15 bits per heavy atom. The highest BCUT2D eigenvalue weighted by Gasteiger charge is 2.33. The van der Waals surface area contributed by atoms with Crippen LogP contribution in [-0.4, -0.2) is 74.2 Å². The molecular formula is C17H22F3N3O3S. The number of likely N-dealkylation sites (tertiary alicyclic amines) is 1. The van der Waals surface area contributed by atoms with Gasteiger partial charge >= 0.3 is 0 Å². The summed E-state index contributed by atoms with van der Waals surface area (Å²) < 4.78 is 66.5. The van der Waals surface area contributed by atoms with Gasteiger partial charge in [-0.3, -0.25) is 9.69 Å². The molecule has 2 saturated heterocycles. The lowest BCUT2D eigenvalue weighted by Crippen LogP contribution is -2.52. The van der Waals surface area contributed by atoms with Crippen LogP contribution in [0, 0.1) is 17.5 Å². The van der Waals surface area contributed by atoms with Crippen LogP contribution in [0.3, 0.4) is 0 Å². The second-order valence-corrected chi connectivity index (χ2v) is 8.70. The van der Waals surface area contributed by atoms with Gasteiger partial charge in [-0.15, -0.1) is 0 Å². The molecule has 10 heteroatoms. The number of carbonyl (C=O) groups is 1. The zero-order valence-corrected chi connectivity index (χ0v) is 15.7. The van der Waals surface area contributed by atoms with E-state index in [0.29, 0.717) is 19.2 Å². The van der Waals surface area contributed by atoms with Crippen LogP contribution in [0.15, 0.2) is 17.0 Å². The van der Waals surface area contributed by atoms with E-state index in [1.165, 1.54) is 0 Å². The fraction of sp³-hybridized carbons (Fsp3) is 0.588. The molecule has 2 aliphatic heterocycles. The van der Waals surface area contributed by atoms with E-state index in [0.717, 1.165) is 42.7 Å². The Morgan fingerprint density at radius 2 is 1.52 bits per heavy atom. The van der Waals surface area contributed by atoms with Crippen molar-refractivity contribution >= 4 is 15.9 Å². The van der Waals surface area contributed by atoms with E-state index in [4.69, 9.17) is 0 Å². The van der Waals surface area contributed by atoms with E-state index >= 15 is 0 Å². The summed E-state index contributed by atoms with van der Waals surface area (Å²) in [6.45, 7) is 2.44. The number of piperazine rings is 1. The lowest BCUT2D eigenvalue weighted by Gasteiger charge is -2.35. The third-order valence-corrected chi connectivity index (χ3v) is 6.93. The number of piperidine rings is 1. The Morgan fingerprint density at radius 1 is 0.889 bits per heavy atom. The molecule has 1 aromatic carbocycles. The van der Waals surface area contributed by atoms with Gasteiger partial charge in [-0.25, -0.2) is 21.6 Å². The number of nitrogens with zero attached hydrogens (tertiary/aromatic N) is 3. The molecule has 1 aromatic rings. The maximum Gasteiger partial charge on any atom is 0.246 e. The van der Waals surface area contributed by atoms with Crippen LogP contribution in [0.2, 0.25) is 0 Å². The summed E-state index contributed by atoms with van der Waals surface area (Å²) in [5.41, 5.74) is 0. The molecule has 0 radical (unpaired) electrons. The van der Waals surface area contributed by atoms with Gasteiger partial charge in [0.25, 0.3) is 0 Å². The van der Waals surface area contributed by atoms with Gasteiger partial charge in [0.15, 0.2) is 17.5 Å². The summed E-state index contributed by atoms with van der Waals surface area (Å²) in [5.74, 6) is -4.93. The summed E-state index contributed by atoms with van der Waals surface area (Å²) in [7, 11) is -4.27. The standard InChI is InChI=1S/C17H22F3N3O3S/c18-13-4-5-14(17(20)16(13)19)27(25,26)23-10-8-21(9-11-23)12-15(24)22-6-2-1-3-7-22/h4-5H,1-3,6-12H2. The average Bonchev–Trinajstić information content (AvgIpc) is 2.67. The number of halogens is 3. The normalized spacial score (nSPS) is 20.0. The molecule has 6 nitrogen and oxygen atoms in total. The highest BCUT2D eigenvalue weighted by atomic mass is 32.2. The van der Waals surface area contributed by atoms with Crippen LogP contribution in [0.5, 0.6) is 0 Å². The molecule has 1 amide bonds. The molecule has 0 saturated carbocycles. The van der Waals surface area contributed by atoms with Crippen molar-refractivity contribution in [3.05, 3.63) is 29.6 Å². The Hall–Kier alpha value is -1.65. The molecular weight excluding hydrogens is 383 g/mol. The SMILES string of the molecule is O=C(CN1CCN(S(=O)(=O)c2ccc(F)c(F)c2F)CC1)N1CCCCC1. The van der Waals surface area contributed by atoms with Gasteiger partial charge in [-0.1, -0.05) is 0 Å². The minimum atomic E-state index is -4.27. The van der Waals surface area contributed by atoms with Crippen LogP contribution < -0.4 is 0 Å². The van der Waals surface area contributed by atoms with E-state index in [1.54, 1.807) is 0 Å². The maximum absolute atomic E-state index is 13.9. The van der Waals surface area contributed by atoms with Crippen molar-refractivity contribution in [2.24, 2.45) is 0 Å². The van der Waals surface area contributed by atoms with Crippen LogP contribution in [0.1, 0.15) is 19.3 Å². The number of hydrogen-bond donors (Lipinski definition) is 0. The zero-order valence-electron chi connectivity index (χ0n) is 14.8. The van der Waals surface area contributed by atoms with Crippen molar-refractivity contribution in [1.82, 2.24) is 14.1 Å². The van der Waals surface area contributed by atoms with Crippen LogP contribution in [0.25, 0.3) is 0 Å². The molecule has 3 rings (SSSR count). The maximum atomic E-state index is 13.9. The van der Waals surface area contributed by atoms with E-state index in [9.17, 15) is 26.4 Å². The minimum absolute atomic E-state index is 0.0256. The fourth-order valence-electron chi connectivity index (χ4n) is 3.41. The molecule has 0 bridgehead atoms. The molecule has 2 fully saturated rings. The van der Waals surface area contributed by atoms with E-state index < -0.39 is 32.4 Å². The molecule has 0 atom stereocenters. The molecule has 0 aliphatic carbocycles. The lowest BCUT2D eigenvalue weighted by atomic mass is 10.1. The van der Waals surface area contributed by atoms with Gasteiger partial charge in [-0.2, -0.15) is 4.31 Å². The predicted molar refractivity (Wildman–Crippen MR) is 91.9 cm³/mol. The summed E-state index contributed by atoms with van der Waals surface area (Å²) in [4.78, 5) is 15.1. The summed E-state index contributed by atoms with van der Waals surface area (Å²) >= 11 is 0. The molecule has 0 N–H and O–H groups in total. The molecule has 150 valence electrons. The molecule has 27 heavy (non-hydrogen) atoms. The first-order valence-corrected chi connectivity index (χ1v) is 10.4. The Labute approximate surface area is 156 Å². The highest BCUT2D eigenvalue weighted by Crippen LogP contribution is 2.24. The van der Waals surface area contributed by atoms with Crippen molar-refractivity contribution in [2.45, 2.75) is 24.2 Å². The number of carbonyl (C=O) groups excluding carboxylic acids is 1. The van der Waals surface area contributed by atoms with Gasteiger partial charge in [0, 0.05) is 39.3 Å².